The SMILES string of the molecule is CCO[C@](C)(CC(C)C)C(=O)Nc1ccc(OCc2ccccc2)cc1. The fourth-order valence-corrected chi connectivity index (χ4v) is 2.95. The Labute approximate surface area is 156 Å². The van der Waals surface area contributed by atoms with Crippen molar-refractivity contribution in [3.8, 4) is 5.75 Å². The number of amides is 1. The van der Waals surface area contributed by atoms with E-state index in [1.165, 1.54) is 0 Å². The van der Waals surface area contributed by atoms with E-state index in [9.17, 15) is 4.79 Å². The van der Waals surface area contributed by atoms with Crippen LogP contribution in [0.4, 0.5) is 5.69 Å². The molecule has 0 bridgehead atoms. The van der Waals surface area contributed by atoms with Gasteiger partial charge in [-0.3, -0.25) is 4.79 Å². The second-order valence-electron chi connectivity index (χ2n) is 7.01. The van der Waals surface area contributed by atoms with E-state index >= 15 is 0 Å². The highest BCUT2D eigenvalue weighted by molar-refractivity contribution is 5.97. The lowest BCUT2D eigenvalue weighted by Gasteiger charge is -2.29. The van der Waals surface area contributed by atoms with Gasteiger partial charge in [0.2, 0.25) is 0 Å². The van der Waals surface area contributed by atoms with Crippen molar-refractivity contribution in [3.63, 3.8) is 0 Å². The van der Waals surface area contributed by atoms with Crippen molar-refractivity contribution in [2.45, 2.75) is 46.3 Å². The first-order valence-electron chi connectivity index (χ1n) is 9.15. The first kappa shape index (κ1) is 20.0. The van der Waals surface area contributed by atoms with Gasteiger partial charge >= 0.3 is 0 Å². The molecule has 2 aromatic carbocycles. The van der Waals surface area contributed by atoms with Gasteiger partial charge in [-0.15, -0.1) is 0 Å². The third-order valence-corrected chi connectivity index (χ3v) is 4.10. The molecule has 0 unspecified atom stereocenters. The van der Waals surface area contributed by atoms with Crippen molar-refractivity contribution < 1.29 is 14.3 Å². The number of carbonyl (C=O) groups excluding carboxylic acids is 1. The normalized spacial score (nSPS) is 13.3. The van der Waals surface area contributed by atoms with Crippen molar-refractivity contribution in [2.24, 2.45) is 5.92 Å². The number of benzene rings is 2. The summed E-state index contributed by atoms with van der Waals surface area (Å²) in [6, 6.07) is 17.4. The third-order valence-electron chi connectivity index (χ3n) is 4.10. The van der Waals surface area contributed by atoms with Crippen LogP contribution < -0.4 is 10.1 Å². The highest BCUT2D eigenvalue weighted by Gasteiger charge is 2.34. The van der Waals surface area contributed by atoms with E-state index in [-0.39, 0.29) is 5.91 Å². The summed E-state index contributed by atoms with van der Waals surface area (Å²) in [4.78, 5) is 12.7. The van der Waals surface area contributed by atoms with Crippen LogP contribution in [0, 0.1) is 5.92 Å². The summed E-state index contributed by atoms with van der Waals surface area (Å²) < 4.78 is 11.5. The van der Waals surface area contributed by atoms with Crippen LogP contribution in [0.3, 0.4) is 0 Å². The molecule has 140 valence electrons. The van der Waals surface area contributed by atoms with Crippen LogP contribution in [0.1, 0.15) is 39.7 Å². The van der Waals surface area contributed by atoms with E-state index in [0.29, 0.717) is 25.6 Å². The molecule has 0 aromatic heterocycles. The molecule has 0 saturated heterocycles. The highest BCUT2D eigenvalue weighted by Crippen LogP contribution is 2.24. The predicted octanol–water partition coefficient (Wildman–Crippen LogP) is 5.05. The summed E-state index contributed by atoms with van der Waals surface area (Å²) in [6.45, 7) is 8.95. The summed E-state index contributed by atoms with van der Waals surface area (Å²) in [5.41, 5.74) is 1.02. The molecule has 0 radical (unpaired) electrons. The Balaban J connectivity index is 1.95. The second kappa shape index (κ2) is 9.39. The number of ether oxygens (including phenoxy) is 2. The van der Waals surface area contributed by atoms with Crippen LogP contribution in [0.2, 0.25) is 0 Å². The van der Waals surface area contributed by atoms with Crippen molar-refractivity contribution in [3.05, 3.63) is 60.2 Å². The lowest BCUT2D eigenvalue weighted by atomic mass is 9.93. The molecule has 0 fully saturated rings. The minimum atomic E-state index is -0.828. The number of rotatable bonds is 9. The van der Waals surface area contributed by atoms with E-state index in [0.717, 1.165) is 17.0 Å². The van der Waals surface area contributed by atoms with E-state index < -0.39 is 5.60 Å². The monoisotopic (exact) mass is 355 g/mol. The molecule has 0 aliphatic carbocycles. The molecule has 0 spiro atoms. The maximum atomic E-state index is 12.7. The van der Waals surface area contributed by atoms with E-state index in [2.05, 4.69) is 19.2 Å². The first-order valence-corrected chi connectivity index (χ1v) is 9.15. The summed E-state index contributed by atoms with van der Waals surface area (Å²) in [6.07, 6.45) is 0.672. The van der Waals surface area contributed by atoms with Crippen LogP contribution in [0.15, 0.2) is 54.6 Å². The largest absolute Gasteiger partial charge is 0.489 e. The molecule has 2 aromatic rings. The zero-order valence-electron chi connectivity index (χ0n) is 16.1. The Bertz CT molecular complexity index is 682. The Morgan fingerprint density at radius 3 is 2.31 bits per heavy atom. The molecule has 26 heavy (non-hydrogen) atoms. The molecule has 0 saturated carbocycles. The molecule has 2 rings (SSSR count). The smallest absolute Gasteiger partial charge is 0.256 e. The zero-order chi connectivity index (χ0) is 19.0. The van der Waals surface area contributed by atoms with Gasteiger partial charge in [-0.05, 0) is 56.0 Å². The lowest BCUT2D eigenvalue weighted by molar-refractivity contribution is -0.140. The fraction of sp³-hybridized carbons (Fsp3) is 0.409. The van der Waals surface area contributed by atoms with Crippen LogP contribution in [-0.4, -0.2) is 18.1 Å². The fourth-order valence-electron chi connectivity index (χ4n) is 2.95. The maximum Gasteiger partial charge on any atom is 0.256 e. The molecule has 0 aliphatic heterocycles. The quantitative estimate of drug-likeness (QED) is 0.685. The Morgan fingerprint density at radius 1 is 1.08 bits per heavy atom. The standard InChI is InChI=1S/C22H29NO3/c1-5-26-22(4,15-17(2)3)21(24)23-19-11-13-20(14-12-19)25-16-18-9-7-6-8-10-18/h6-14,17H,5,15-16H2,1-4H3,(H,23,24)/t22-/m1/s1. The van der Waals surface area contributed by atoms with Gasteiger partial charge in [0.1, 0.15) is 18.0 Å². The maximum absolute atomic E-state index is 12.7. The Hall–Kier alpha value is -2.33. The number of nitrogens with one attached hydrogen (secondary N) is 1. The second-order valence-corrected chi connectivity index (χ2v) is 7.01. The van der Waals surface area contributed by atoms with Crippen LogP contribution in [-0.2, 0) is 16.1 Å². The Morgan fingerprint density at radius 2 is 1.73 bits per heavy atom. The summed E-state index contributed by atoms with van der Waals surface area (Å²) in [7, 11) is 0. The minimum absolute atomic E-state index is 0.119. The van der Waals surface area contributed by atoms with Gasteiger partial charge in [0.25, 0.3) is 5.91 Å². The van der Waals surface area contributed by atoms with E-state index in [4.69, 9.17) is 9.47 Å². The average molecular weight is 355 g/mol. The number of hydrogen-bond acceptors (Lipinski definition) is 3. The molecular weight excluding hydrogens is 326 g/mol. The molecule has 4 nitrogen and oxygen atoms in total. The average Bonchev–Trinajstić information content (AvgIpc) is 2.61. The van der Waals surface area contributed by atoms with Gasteiger partial charge in [-0.1, -0.05) is 44.2 Å². The van der Waals surface area contributed by atoms with Gasteiger partial charge in [-0.2, -0.15) is 0 Å². The van der Waals surface area contributed by atoms with E-state index in [1.807, 2.05) is 68.4 Å². The van der Waals surface area contributed by atoms with Crippen LogP contribution in [0.25, 0.3) is 0 Å². The highest BCUT2D eigenvalue weighted by atomic mass is 16.5. The topological polar surface area (TPSA) is 47.6 Å². The lowest BCUT2D eigenvalue weighted by Crippen LogP contribution is -2.43. The molecule has 0 aliphatic rings. The summed E-state index contributed by atoms with van der Waals surface area (Å²) in [5.74, 6) is 1.01. The zero-order valence-corrected chi connectivity index (χ0v) is 16.1. The van der Waals surface area contributed by atoms with Gasteiger partial charge < -0.3 is 14.8 Å². The predicted molar refractivity (Wildman–Crippen MR) is 105 cm³/mol. The van der Waals surface area contributed by atoms with Crippen molar-refractivity contribution in [1.82, 2.24) is 0 Å². The van der Waals surface area contributed by atoms with Crippen LogP contribution >= 0.6 is 0 Å². The van der Waals surface area contributed by atoms with Crippen molar-refractivity contribution in [1.29, 1.82) is 0 Å². The van der Waals surface area contributed by atoms with Gasteiger partial charge in [0, 0.05) is 12.3 Å². The van der Waals surface area contributed by atoms with Crippen molar-refractivity contribution >= 4 is 11.6 Å². The van der Waals surface area contributed by atoms with Gasteiger partial charge in [-0.25, -0.2) is 0 Å². The molecule has 1 N–H and O–H groups in total. The molecule has 1 atom stereocenters. The van der Waals surface area contributed by atoms with E-state index in [1.54, 1.807) is 0 Å². The molecule has 4 heteroatoms. The number of carbonyl (C=O) groups is 1. The molecular formula is C22H29NO3. The third kappa shape index (κ3) is 5.88. The minimum Gasteiger partial charge on any atom is -0.489 e. The number of hydrogen-bond donors (Lipinski definition) is 1. The van der Waals surface area contributed by atoms with Gasteiger partial charge in [0.05, 0.1) is 0 Å². The number of anilines is 1. The Kier molecular flexibility index (Phi) is 7.22. The first-order chi connectivity index (χ1) is 12.4. The summed E-state index contributed by atoms with van der Waals surface area (Å²) >= 11 is 0. The van der Waals surface area contributed by atoms with Crippen LogP contribution in [0.5, 0.6) is 5.75 Å². The summed E-state index contributed by atoms with van der Waals surface area (Å²) in [5, 5.41) is 2.95. The van der Waals surface area contributed by atoms with Crippen molar-refractivity contribution in [2.75, 3.05) is 11.9 Å². The van der Waals surface area contributed by atoms with Gasteiger partial charge in [0.15, 0.2) is 0 Å². The molecule has 1 amide bonds. The molecule has 0 heterocycles.